The number of pyridine rings is 1. The Balaban J connectivity index is 1.46. The summed E-state index contributed by atoms with van der Waals surface area (Å²) in [4.78, 5) is 17.7. The van der Waals surface area contributed by atoms with E-state index in [1.54, 1.807) is 30.3 Å². The van der Waals surface area contributed by atoms with Gasteiger partial charge in [-0.3, -0.25) is 4.79 Å². The molecule has 6 nitrogen and oxygen atoms in total. The summed E-state index contributed by atoms with van der Waals surface area (Å²) in [5, 5.41) is 4.96. The Morgan fingerprint density at radius 1 is 1.06 bits per heavy atom. The van der Waals surface area contributed by atoms with Gasteiger partial charge in [0.25, 0.3) is 5.56 Å². The summed E-state index contributed by atoms with van der Waals surface area (Å²) < 4.78 is 24.3. The molecule has 34 heavy (non-hydrogen) atoms. The zero-order valence-electron chi connectivity index (χ0n) is 17.8. The second-order valence-corrected chi connectivity index (χ2v) is 8.66. The average molecular weight is 496 g/mol. The van der Waals surface area contributed by atoms with Crippen molar-refractivity contribution in [2.45, 2.75) is 13.1 Å². The molecule has 2 N–H and O–H groups in total. The highest BCUT2D eigenvalue weighted by atomic mass is 35.5. The zero-order chi connectivity index (χ0) is 23.7. The van der Waals surface area contributed by atoms with E-state index < -0.39 is 0 Å². The van der Waals surface area contributed by atoms with Gasteiger partial charge in [-0.1, -0.05) is 29.8 Å². The molecule has 0 amide bonds. The number of benzene rings is 3. The third kappa shape index (κ3) is 4.83. The minimum absolute atomic E-state index is 0.150. The molecule has 3 aromatic carbocycles. The summed E-state index contributed by atoms with van der Waals surface area (Å²) in [5.74, 6) is 0.909. The predicted octanol–water partition coefficient (Wildman–Crippen LogP) is 5.45. The number of anilines is 1. The lowest BCUT2D eigenvalue weighted by molar-refractivity contribution is 0.174. The van der Waals surface area contributed by atoms with Crippen LogP contribution in [0.5, 0.6) is 11.5 Å². The first kappa shape index (κ1) is 22.2. The van der Waals surface area contributed by atoms with Crippen molar-refractivity contribution in [2.75, 3.05) is 12.1 Å². The van der Waals surface area contributed by atoms with Crippen LogP contribution in [0.4, 0.5) is 10.1 Å². The van der Waals surface area contributed by atoms with Crippen LogP contribution in [0.25, 0.3) is 10.9 Å². The molecule has 2 heterocycles. The number of H-pyrrole nitrogens is 1. The first-order valence-electron chi connectivity index (χ1n) is 10.5. The van der Waals surface area contributed by atoms with Crippen molar-refractivity contribution in [3.63, 3.8) is 0 Å². The molecule has 0 aliphatic carbocycles. The molecule has 0 saturated carbocycles. The Kier molecular flexibility index (Phi) is 6.08. The number of aromatic nitrogens is 1. The van der Waals surface area contributed by atoms with E-state index in [4.69, 9.17) is 33.3 Å². The molecule has 172 valence electrons. The summed E-state index contributed by atoms with van der Waals surface area (Å²) in [7, 11) is 0. The zero-order valence-corrected chi connectivity index (χ0v) is 19.4. The number of halogens is 2. The van der Waals surface area contributed by atoms with Crippen LogP contribution in [0.2, 0.25) is 5.02 Å². The number of rotatable bonds is 5. The molecular weight excluding hydrogens is 477 g/mol. The van der Waals surface area contributed by atoms with Gasteiger partial charge in [-0.05, 0) is 60.2 Å². The molecule has 9 heteroatoms. The fourth-order valence-electron chi connectivity index (χ4n) is 3.74. The largest absolute Gasteiger partial charge is 0.454 e. The van der Waals surface area contributed by atoms with E-state index in [9.17, 15) is 9.18 Å². The standard InChI is InChI=1S/C25H19ClFN3O3S/c26-18-2-1-3-20(10-18)28-25(34)30(12-15-4-6-19(27)7-5-15)13-17-8-16-9-22-23(33-14-32-22)11-21(16)29-24(17)31/h1-11H,12-14H2,(H,28,34)(H,29,31). The summed E-state index contributed by atoms with van der Waals surface area (Å²) in [5.41, 5.74) is 2.51. The van der Waals surface area contributed by atoms with Crippen LogP contribution in [0.15, 0.2) is 71.5 Å². The molecular formula is C25H19ClFN3O3S. The smallest absolute Gasteiger partial charge is 0.253 e. The maximum Gasteiger partial charge on any atom is 0.253 e. The molecule has 5 rings (SSSR count). The van der Waals surface area contributed by atoms with Gasteiger partial charge in [-0.2, -0.15) is 0 Å². The van der Waals surface area contributed by atoms with Gasteiger partial charge >= 0.3 is 0 Å². The SMILES string of the molecule is O=c1[nH]c2cc3c(cc2cc1CN(Cc1ccc(F)cc1)C(=S)Nc1cccc(Cl)c1)OCO3. The minimum atomic E-state index is -0.320. The predicted molar refractivity (Wildman–Crippen MR) is 134 cm³/mol. The lowest BCUT2D eigenvalue weighted by atomic mass is 10.1. The number of aromatic amines is 1. The van der Waals surface area contributed by atoms with E-state index in [0.717, 1.165) is 16.6 Å². The van der Waals surface area contributed by atoms with E-state index in [1.807, 2.05) is 29.2 Å². The van der Waals surface area contributed by atoms with Crippen LogP contribution in [0, 0.1) is 5.82 Å². The van der Waals surface area contributed by atoms with E-state index in [0.29, 0.717) is 39.3 Å². The Labute approximate surface area is 204 Å². The third-order valence-electron chi connectivity index (χ3n) is 5.43. The Morgan fingerprint density at radius 2 is 1.82 bits per heavy atom. The van der Waals surface area contributed by atoms with Crippen molar-refractivity contribution < 1.29 is 13.9 Å². The van der Waals surface area contributed by atoms with Crippen molar-refractivity contribution in [3.05, 3.63) is 99.1 Å². The third-order valence-corrected chi connectivity index (χ3v) is 6.02. The summed E-state index contributed by atoms with van der Waals surface area (Å²) >= 11 is 11.8. The molecule has 0 bridgehead atoms. The Morgan fingerprint density at radius 3 is 2.59 bits per heavy atom. The average Bonchev–Trinajstić information content (AvgIpc) is 3.26. The number of fused-ring (bicyclic) bond motifs is 2. The van der Waals surface area contributed by atoms with Crippen molar-refractivity contribution in [1.82, 2.24) is 9.88 Å². The first-order valence-corrected chi connectivity index (χ1v) is 11.2. The molecule has 0 fully saturated rings. The quantitative estimate of drug-likeness (QED) is 0.359. The molecule has 0 saturated heterocycles. The van der Waals surface area contributed by atoms with Crippen LogP contribution in [0.3, 0.4) is 0 Å². The molecule has 0 atom stereocenters. The van der Waals surface area contributed by atoms with E-state index >= 15 is 0 Å². The summed E-state index contributed by atoms with van der Waals surface area (Å²) in [6.45, 7) is 0.742. The molecule has 0 radical (unpaired) electrons. The highest BCUT2D eigenvalue weighted by Crippen LogP contribution is 2.35. The van der Waals surface area contributed by atoms with Gasteiger partial charge in [0.2, 0.25) is 6.79 Å². The highest BCUT2D eigenvalue weighted by Gasteiger charge is 2.18. The number of thiocarbonyl (C=S) groups is 1. The fraction of sp³-hybridized carbons (Fsp3) is 0.120. The first-order chi connectivity index (χ1) is 16.4. The van der Waals surface area contributed by atoms with Crippen molar-refractivity contribution in [2.24, 2.45) is 0 Å². The lowest BCUT2D eigenvalue weighted by Crippen LogP contribution is -2.35. The van der Waals surface area contributed by atoms with Crippen LogP contribution < -0.4 is 20.3 Å². The molecule has 4 aromatic rings. The van der Waals surface area contributed by atoms with E-state index in [1.165, 1.54) is 12.1 Å². The van der Waals surface area contributed by atoms with E-state index in [2.05, 4.69) is 10.3 Å². The van der Waals surface area contributed by atoms with Crippen LogP contribution >= 0.6 is 23.8 Å². The van der Waals surface area contributed by atoms with Crippen molar-refractivity contribution in [3.8, 4) is 11.5 Å². The maximum absolute atomic E-state index is 13.4. The van der Waals surface area contributed by atoms with Crippen LogP contribution in [0.1, 0.15) is 11.1 Å². The lowest BCUT2D eigenvalue weighted by Gasteiger charge is -2.26. The number of nitrogens with zero attached hydrogens (tertiary/aromatic N) is 1. The second kappa shape index (κ2) is 9.32. The van der Waals surface area contributed by atoms with Crippen molar-refractivity contribution in [1.29, 1.82) is 0 Å². The molecule has 1 aliphatic rings. The van der Waals surface area contributed by atoms with E-state index in [-0.39, 0.29) is 24.7 Å². The molecule has 0 unspecified atom stereocenters. The van der Waals surface area contributed by atoms with Gasteiger partial charge in [-0.15, -0.1) is 0 Å². The molecule has 1 aliphatic heterocycles. The number of nitrogens with one attached hydrogen (secondary N) is 2. The van der Waals surface area contributed by atoms with Gasteiger partial charge < -0.3 is 24.7 Å². The Hall–Kier alpha value is -3.62. The van der Waals surface area contributed by atoms with Gasteiger partial charge in [0.05, 0.1) is 12.1 Å². The normalized spacial score (nSPS) is 12.1. The maximum atomic E-state index is 13.4. The van der Waals surface area contributed by atoms with Gasteiger partial charge in [0.15, 0.2) is 16.6 Å². The summed E-state index contributed by atoms with van der Waals surface area (Å²) in [6.07, 6.45) is 0. The van der Waals surface area contributed by atoms with Gasteiger partial charge in [0, 0.05) is 34.3 Å². The van der Waals surface area contributed by atoms with Crippen LogP contribution in [-0.4, -0.2) is 21.8 Å². The van der Waals surface area contributed by atoms with Crippen molar-refractivity contribution >= 4 is 45.5 Å². The number of ether oxygens (including phenoxy) is 2. The molecule has 1 aromatic heterocycles. The number of hydrogen-bond acceptors (Lipinski definition) is 4. The second-order valence-electron chi connectivity index (χ2n) is 7.84. The monoisotopic (exact) mass is 495 g/mol. The topological polar surface area (TPSA) is 66.6 Å². The summed E-state index contributed by atoms with van der Waals surface area (Å²) in [6, 6.07) is 18.8. The van der Waals surface area contributed by atoms with Gasteiger partial charge in [-0.25, -0.2) is 4.39 Å². The minimum Gasteiger partial charge on any atom is -0.454 e. The van der Waals surface area contributed by atoms with Gasteiger partial charge in [0.1, 0.15) is 5.82 Å². The van der Waals surface area contributed by atoms with Crippen LogP contribution in [-0.2, 0) is 13.1 Å². The number of hydrogen-bond donors (Lipinski definition) is 2. The Bertz CT molecular complexity index is 1440. The molecule has 0 spiro atoms. The highest BCUT2D eigenvalue weighted by molar-refractivity contribution is 7.80. The fourth-order valence-corrected chi connectivity index (χ4v) is 4.18.